The van der Waals surface area contributed by atoms with E-state index in [-0.39, 0.29) is 28.4 Å². The van der Waals surface area contributed by atoms with Gasteiger partial charge >= 0.3 is 11.7 Å². The first-order valence-electron chi connectivity index (χ1n) is 7.93. The van der Waals surface area contributed by atoms with Crippen molar-refractivity contribution in [1.82, 2.24) is 18.7 Å². The van der Waals surface area contributed by atoms with Crippen LogP contribution in [-0.4, -0.2) is 30.6 Å². The number of benzene rings is 1. The number of anilines is 1. The van der Waals surface area contributed by atoms with Gasteiger partial charge in [0.15, 0.2) is 11.2 Å². The molecule has 1 aromatic carbocycles. The Kier molecular flexibility index (Phi) is 4.40. The first-order valence-corrected chi connectivity index (χ1v) is 7.93. The first-order chi connectivity index (χ1) is 12.7. The van der Waals surface area contributed by atoms with Gasteiger partial charge in [-0.2, -0.15) is 4.98 Å². The fraction of sp³-hybridized carbons (Fsp3) is 0.235. The molecule has 0 fully saturated rings. The Morgan fingerprint density at radius 1 is 1.04 bits per heavy atom. The molecule has 2 heterocycles. The summed E-state index contributed by atoms with van der Waals surface area (Å²) in [5.74, 6) is -0.959. The highest BCUT2D eigenvalue weighted by Gasteiger charge is 2.20. The van der Waals surface area contributed by atoms with E-state index in [1.54, 1.807) is 19.2 Å². The molecule has 3 aromatic rings. The molecule has 27 heavy (non-hydrogen) atoms. The number of fused-ring (bicyclic) bond motifs is 1. The molecule has 0 radical (unpaired) electrons. The lowest BCUT2D eigenvalue weighted by Gasteiger charge is -2.09. The summed E-state index contributed by atoms with van der Waals surface area (Å²) in [6.07, 6.45) is 0. The number of nitrogens with one attached hydrogen (secondary N) is 1. The Balaban J connectivity index is 2.07. The van der Waals surface area contributed by atoms with Gasteiger partial charge in [0.1, 0.15) is 5.75 Å². The molecule has 0 bridgehead atoms. The molecule has 10 heteroatoms. The van der Waals surface area contributed by atoms with Crippen LogP contribution in [0.4, 0.5) is 5.95 Å². The number of carbonyl (C=O) groups excluding carboxylic acids is 2. The van der Waals surface area contributed by atoms with Gasteiger partial charge in [0, 0.05) is 28.1 Å². The third-order valence-corrected chi connectivity index (χ3v) is 4.09. The minimum absolute atomic E-state index is 0.0749. The molecule has 2 aromatic heterocycles. The summed E-state index contributed by atoms with van der Waals surface area (Å²) in [6, 6.07) is 6.23. The van der Waals surface area contributed by atoms with Gasteiger partial charge in [0.2, 0.25) is 5.95 Å². The molecule has 0 saturated carbocycles. The number of aromatic nitrogens is 4. The van der Waals surface area contributed by atoms with E-state index in [1.807, 2.05) is 0 Å². The Hall–Kier alpha value is -3.69. The minimum Gasteiger partial charge on any atom is -0.426 e. The Morgan fingerprint density at radius 2 is 1.70 bits per heavy atom. The maximum Gasteiger partial charge on any atom is 0.332 e. The second-order valence-corrected chi connectivity index (χ2v) is 5.92. The predicted molar refractivity (Wildman–Crippen MR) is 96.9 cm³/mol. The first kappa shape index (κ1) is 18.1. The zero-order chi connectivity index (χ0) is 19.9. The van der Waals surface area contributed by atoms with Crippen molar-refractivity contribution in [3.05, 3.63) is 50.7 Å². The van der Waals surface area contributed by atoms with E-state index < -0.39 is 23.1 Å². The molecule has 1 N–H and O–H groups in total. The Labute approximate surface area is 152 Å². The van der Waals surface area contributed by atoms with Crippen LogP contribution >= 0.6 is 0 Å². The molecule has 1 amide bonds. The number of ether oxygens (including phenoxy) is 1. The Bertz CT molecular complexity index is 1200. The van der Waals surface area contributed by atoms with Crippen molar-refractivity contribution in [2.45, 2.75) is 6.92 Å². The molecule has 0 unspecified atom stereocenters. The summed E-state index contributed by atoms with van der Waals surface area (Å²) in [5.41, 5.74) is -0.605. The smallest absolute Gasteiger partial charge is 0.332 e. The topological polar surface area (TPSA) is 117 Å². The number of esters is 1. The van der Waals surface area contributed by atoms with Gasteiger partial charge in [-0.05, 0) is 12.1 Å². The quantitative estimate of drug-likeness (QED) is 0.517. The van der Waals surface area contributed by atoms with Gasteiger partial charge in [-0.15, -0.1) is 0 Å². The molecular formula is C17H17N5O5. The van der Waals surface area contributed by atoms with Gasteiger partial charge in [-0.25, -0.2) is 4.79 Å². The van der Waals surface area contributed by atoms with E-state index in [1.165, 1.54) is 42.3 Å². The van der Waals surface area contributed by atoms with Crippen molar-refractivity contribution in [3.63, 3.8) is 0 Å². The highest BCUT2D eigenvalue weighted by atomic mass is 16.5. The van der Waals surface area contributed by atoms with Gasteiger partial charge < -0.3 is 9.30 Å². The summed E-state index contributed by atoms with van der Waals surface area (Å²) in [5, 5.41) is 2.58. The molecule has 3 rings (SSSR count). The van der Waals surface area contributed by atoms with Crippen LogP contribution in [0.2, 0.25) is 0 Å². The number of para-hydroxylation sites is 1. The van der Waals surface area contributed by atoms with Crippen molar-refractivity contribution < 1.29 is 14.3 Å². The molecule has 0 aliphatic heterocycles. The van der Waals surface area contributed by atoms with Gasteiger partial charge in [-0.1, -0.05) is 12.1 Å². The summed E-state index contributed by atoms with van der Waals surface area (Å²) in [7, 11) is 4.40. The highest BCUT2D eigenvalue weighted by Crippen LogP contribution is 2.20. The second kappa shape index (κ2) is 6.56. The maximum atomic E-state index is 12.6. The van der Waals surface area contributed by atoms with Crippen LogP contribution in [0.25, 0.3) is 11.2 Å². The normalized spacial score (nSPS) is 10.8. The van der Waals surface area contributed by atoms with Crippen molar-refractivity contribution in [1.29, 1.82) is 0 Å². The zero-order valence-electron chi connectivity index (χ0n) is 15.1. The average molecular weight is 371 g/mol. The van der Waals surface area contributed by atoms with Crippen LogP contribution in [0.3, 0.4) is 0 Å². The third-order valence-electron chi connectivity index (χ3n) is 4.09. The Morgan fingerprint density at radius 3 is 2.37 bits per heavy atom. The monoisotopic (exact) mass is 371 g/mol. The zero-order valence-corrected chi connectivity index (χ0v) is 15.1. The number of hydrogen-bond donors (Lipinski definition) is 1. The molecule has 10 nitrogen and oxygen atoms in total. The summed E-state index contributed by atoms with van der Waals surface area (Å²) in [6.45, 7) is 1.23. The van der Waals surface area contributed by atoms with Crippen LogP contribution in [0.5, 0.6) is 5.75 Å². The van der Waals surface area contributed by atoms with Crippen molar-refractivity contribution >= 4 is 29.0 Å². The van der Waals surface area contributed by atoms with Gasteiger partial charge in [-0.3, -0.25) is 28.8 Å². The van der Waals surface area contributed by atoms with E-state index in [0.717, 1.165) is 4.57 Å². The molecule has 140 valence electrons. The van der Waals surface area contributed by atoms with Crippen LogP contribution in [0, 0.1) is 0 Å². The summed E-state index contributed by atoms with van der Waals surface area (Å²) >= 11 is 0. The second-order valence-electron chi connectivity index (χ2n) is 5.92. The van der Waals surface area contributed by atoms with E-state index in [4.69, 9.17) is 4.74 Å². The fourth-order valence-corrected chi connectivity index (χ4v) is 2.70. The van der Waals surface area contributed by atoms with Crippen LogP contribution in [-0.2, 0) is 25.9 Å². The fourth-order valence-electron chi connectivity index (χ4n) is 2.70. The van der Waals surface area contributed by atoms with Crippen molar-refractivity contribution in [2.75, 3.05) is 5.32 Å². The minimum atomic E-state index is -0.577. The molecular weight excluding hydrogens is 354 g/mol. The number of hydrogen-bond acceptors (Lipinski definition) is 6. The SMILES string of the molecule is CC(=O)Oc1ccccc1C(=O)Nc1nc2c(c(=O)n(C)c(=O)n2C)n1C. The standard InChI is InChI=1S/C17H17N5O5/c1-9(23)27-11-8-6-5-7-10(11)14(24)19-16-18-13-12(20(16)2)15(25)22(4)17(26)21(13)3/h5-8H,1-4H3,(H,18,19,24). The van der Waals surface area contributed by atoms with Crippen LogP contribution < -0.4 is 21.3 Å². The lowest BCUT2D eigenvalue weighted by molar-refractivity contribution is -0.131. The maximum absolute atomic E-state index is 12.6. The molecule has 0 aliphatic carbocycles. The number of aryl methyl sites for hydroxylation is 2. The van der Waals surface area contributed by atoms with Crippen molar-refractivity contribution in [2.24, 2.45) is 21.1 Å². The van der Waals surface area contributed by atoms with Crippen LogP contribution in [0.1, 0.15) is 17.3 Å². The highest BCUT2D eigenvalue weighted by molar-refractivity contribution is 6.06. The molecule has 0 spiro atoms. The van der Waals surface area contributed by atoms with Gasteiger partial charge in [0.25, 0.3) is 11.5 Å². The lowest BCUT2D eigenvalue weighted by atomic mass is 10.2. The number of rotatable bonds is 3. The van der Waals surface area contributed by atoms with Crippen molar-refractivity contribution in [3.8, 4) is 5.75 Å². The number of amides is 1. The van der Waals surface area contributed by atoms with Gasteiger partial charge in [0.05, 0.1) is 5.56 Å². The van der Waals surface area contributed by atoms with E-state index >= 15 is 0 Å². The van der Waals surface area contributed by atoms with E-state index in [0.29, 0.717) is 0 Å². The lowest BCUT2D eigenvalue weighted by Crippen LogP contribution is -2.37. The number of carbonyl (C=O) groups is 2. The molecule has 0 atom stereocenters. The number of imidazole rings is 1. The van der Waals surface area contributed by atoms with E-state index in [2.05, 4.69) is 10.3 Å². The predicted octanol–water partition coefficient (Wildman–Crippen LogP) is 0.148. The van der Waals surface area contributed by atoms with E-state index in [9.17, 15) is 19.2 Å². The number of nitrogens with zero attached hydrogens (tertiary/aromatic N) is 4. The summed E-state index contributed by atoms with van der Waals surface area (Å²) in [4.78, 5) is 52.5. The third kappa shape index (κ3) is 3.01. The molecule has 0 aliphatic rings. The molecule has 0 saturated heterocycles. The largest absolute Gasteiger partial charge is 0.426 e. The summed E-state index contributed by atoms with van der Waals surface area (Å²) < 4.78 is 8.61. The van der Waals surface area contributed by atoms with Crippen LogP contribution in [0.15, 0.2) is 33.9 Å². The average Bonchev–Trinajstić information content (AvgIpc) is 2.94.